The van der Waals surface area contributed by atoms with Crippen LogP contribution in [0.15, 0.2) is 28.9 Å². The van der Waals surface area contributed by atoms with Crippen molar-refractivity contribution >= 4 is 11.6 Å². The molecular weight excluding hydrogens is 266 g/mol. The maximum Gasteiger partial charge on any atom is 0.149 e. The maximum atomic E-state index is 6.26. The summed E-state index contributed by atoms with van der Waals surface area (Å²) in [6, 6.07) is 5.62. The predicted molar refractivity (Wildman–Crippen MR) is 75.0 cm³/mol. The third-order valence-electron chi connectivity index (χ3n) is 2.86. The summed E-state index contributed by atoms with van der Waals surface area (Å²) in [5.41, 5.74) is 1.84. The minimum absolute atomic E-state index is 0.458. The van der Waals surface area contributed by atoms with E-state index in [0.29, 0.717) is 23.1 Å². The van der Waals surface area contributed by atoms with Gasteiger partial charge in [-0.05, 0) is 25.2 Å². The van der Waals surface area contributed by atoms with E-state index in [-0.39, 0.29) is 0 Å². The Balaban J connectivity index is 2.55. The van der Waals surface area contributed by atoms with E-state index in [9.17, 15) is 0 Å². The summed E-state index contributed by atoms with van der Waals surface area (Å²) in [5, 5.41) is 3.52. The Morgan fingerprint density at radius 2 is 1.95 bits per heavy atom. The number of rotatable bonds is 5. The summed E-state index contributed by atoms with van der Waals surface area (Å²) in [4.78, 5) is 0. The molecule has 0 bridgehead atoms. The molecule has 2 rings (SSSR count). The Hall–Kier alpha value is -1.65. The highest BCUT2D eigenvalue weighted by Gasteiger charge is 2.18. The van der Waals surface area contributed by atoms with Crippen LogP contribution in [-0.2, 0) is 6.54 Å². The molecule has 0 aliphatic rings. The van der Waals surface area contributed by atoms with Crippen LogP contribution in [0.2, 0.25) is 5.02 Å². The van der Waals surface area contributed by atoms with Crippen molar-refractivity contribution in [2.45, 2.75) is 6.54 Å². The van der Waals surface area contributed by atoms with Crippen molar-refractivity contribution < 1.29 is 13.9 Å². The molecule has 102 valence electrons. The van der Waals surface area contributed by atoms with Crippen molar-refractivity contribution in [1.82, 2.24) is 5.32 Å². The van der Waals surface area contributed by atoms with Gasteiger partial charge in [0, 0.05) is 11.1 Å². The molecule has 4 nitrogen and oxygen atoms in total. The van der Waals surface area contributed by atoms with E-state index in [1.165, 1.54) is 0 Å². The van der Waals surface area contributed by atoms with Crippen molar-refractivity contribution in [3.63, 3.8) is 0 Å². The molecule has 0 saturated heterocycles. The predicted octanol–water partition coefficient (Wildman–Crippen LogP) is 3.34. The zero-order valence-electron chi connectivity index (χ0n) is 11.1. The second kappa shape index (κ2) is 5.99. The molecule has 0 aliphatic carbocycles. The first-order valence-electron chi connectivity index (χ1n) is 5.84. The maximum absolute atomic E-state index is 6.26. The number of ether oxygens (including phenoxy) is 2. The number of halogens is 1. The molecule has 0 radical (unpaired) electrons. The largest absolute Gasteiger partial charge is 0.495 e. The van der Waals surface area contributed by atoms with Gasteiger partial charge in [-0.1, -0.05) is 11.6 Å². The van der Waals surface area contributed by atoms with Gasteiger partial charge in [0.05, 0.1) is 27.0 Å². The molecule has 0 atom stereocenters. The van der Waals surface area contributed by atoms with E-state index >= 15 is 0 Å². The molecule has 0 unspecified atom stereocenters. The van der Waals surface area contributed by atoms with Crippen LogP contribution in [0.25, 0.3) is 11.1 Å². The van der Waals surface area contributed by atoms with Gasteiger partial charge in [-0.3, -0.25) is 0 Å². The van der Waals surface area contributed by atoms with Crippen molar-refractivity contribution in [2.75, 3.05) is 21.3 Å². The quantitative estimate of drug-likeness (QED) is 0.913. The van der Waals surface area contributed by atoms with E-state index in [1.807, 2.05) is 25.2 Å². The summed E-state index contributed by atoms with van der Waals surface area (Å²) in [5.74, 6) is 2.00. The van der Waals surface area contributed by atoms with E-state index < -0.39 is 0 Å². The highest BCUT2D eigenvalue weighted by atomic mass is 35.5. The van der Waals surface area contributed by atoms with E-state index in [2.05, 4.69) is 5.32 Å². The molecular formula is C14H16ClNO3. The molecule has 5 heteroatoms. The van der Waals surface area contributed by atoms with Crippen molar-refractivity contribution in [3.8, 4) is 22.6 Å². The van der Waals surface area contributed by atoms with Gasteiger partial charge >= 0.3 is 0 Å². The second-order valence-electron chi connectivity index (χ2n) is 3.95. The van der Waals surface area contributed by atoms with Crippen LogP contribution >= 0.6 is 11.6 Å². The number of benzene rings is 1. The minimum Gasteiger partial charge on any atom is -0.495 e. The molecule has 0 amide bonds. The molecule has 1 aromatic carbocycles. The van der Waals surface area contributed by atoms with E-state index in [0.717, 1.165) is 16.9 Å². The molecule has 2 aromatic rings. The highest BCUT2D eigenvalue weighted by molar-refractivity contribution is 6.34. The van der Waals surface area contributed by atoms with Crippen molar-refractivity contribution in [2.24, 2.45) is 0 Å². The first-order chi connectivity index (χ1) is 9.22. The van der Waals surface area contributed by atoms with Crippen LogP contribution in [0.3, 0.4) is 0 Å². The fraction of sp³-hybridized carbons (Fsp3) is 0.286. The van der Waals surface area contributed by atoms with Crippen LogP contribution < -0.4 is 14.8 Å². The molecule has 0 spiro atoms. The summed E-state index contributed by atoms with van der Waals surface area (Å²) in [6.45, 7) is 0.634. The van der Waals surface area contributed by atoms with Gasteiger partial charge in [-0.15, -0.1) is 0 Å². The second-order valence-corrected chi connectivity index (χ2v) is 4.33. The van der Waals surface area contributed by atoms with Gasteiger partial charge in [0.25, 0.3) is 0 Å². The highest BCUT2D eigenvalue weighted by Crippen LogP contribution is 2.42. The Morgan fingerprint density at radius 3 is 2.58 bits per heavy atom. The topological polar surface area (TPSA) is 43.6 Å². The number of nitrogens with one attached hydrogen (secondary N) is 1. The number of methoxy groups -OCH3 is 2. The fourth-order valence-electron chi connectivity index (χ4n) is 1.99. The summed E-state index contributed by atoms with van der Waals surface area (Å²) in [6.07, 6.45) is 1.65. The van der Waals surface area contributed by atoms with Gasteiger partial charge in [-0.2, -0.15) is 0 Å². The Labute approximate surface area is 117 Å². The lowest BCUT2D eigenvalue weighted by Gasteiger charge is -2.13. The molecule has 1 aromatic heterocycles. The van der Waals surface area contributed by atoms with Crippen LogP contribution in [0.5, 0.6) is 11.5 Å². The number of hydrogen-bond donors (Lipinski definition) is 1. The summed E-state index contributed by atoms with van der Waals surface area (Å²) in [7, 11) is 5.02. The molecule has 19 heavy (non-hydrogen) atoms. The van der Waals surface area contributed by atoms with Crippen LogP contribution in [0.4, 0.5) is 0 Å². The van der Waals surface area contributed by atoms with Gasteiger partial charge in [0.15, 0.2) is 0 Å². The van der Waals surface area contributed by atoms with Crippen LogP contribution in [0.1, 0.15) is 5.76 Å². The fourth-order valence-corrected chi connectivity index (χ4v) is 2.30. The zero-order chi connectivity index (χ0) is 13.8. The van der Waals surface area contributed by atoms with E-state index in [4.69, 9.17) is 25.5 Å². The van der Waals surface area contributed by atoms with Crippen LogP contribution in [-0.4, -0.2) is 21.3 Å². The SMILES string of the molecule is CNCc1occc1-c1ccc(OC)c(Cl)c1OC. The molecule has 0 aliphatic heterocycles. The van der Waals surface area contributed by atoms with Gasteiger partial charge in [0.2, 0.25) is 0 Å². The molecule has 0 fully saturated rings. The summed E-state index contributed by atoms with van der Waals surface area (Å²) < 4.78 is 16.1. The van der Waals surface area contributed by atoms with Crippen molar-refractivity contribution in [3.05, 3.63) is 35.2 Å². The third-order valence-corrected chi connectivity index (χ3v) is 3.22. The standard InChI is InChI=1S/C14H16ClNO3/c1-16-8-12-9(6-7-19-12)10-4-5-11(17-2)13(15)14(10)18-3/h4-7,16H,8H2,1-3H3. The smallest absolute Gasteiger partial charge is 0.149 e. The molecule has 0 saturated carbocycles. The zero-order valence-corrected chi connectivity index (χ0v) is 11.9. The Kier molecular flexibility index (Phi) is 4.35. The van der Waals surface area contributed by atoms with Crippen molar-refractivity contribution in [1.29, 1.82) is 0 Å². The van der Waals surface area contributed by atoms with Crippen LogP contribution in [0, 0.1) is 0 Å². The monoisotopic (exact) mass is 281 g/mol. The lowest BCUT2D eigenvalue weighted by molar-refractivity contribution is 0.395. The lowest BCUT2D eigenvalue weighted by Crippen LogP contribution is -2.05. The van der Waals surface area contributed by atoms with Gasteiger partial charge in [-0.25, -0.2) is 0 Å². The molecule has 1 heterocycles. The molecule has 1 N–H and O–H groups in total. The lowest BCUT2D eigenvalue weighted by atomic mass is 10.0. The Morgan fingerprint density at radius 1 is 1.16 bits per heavy atom. The van der Waals surface area contributed by atoms with Gasteiger partial charge in [0.1, 0.15) is 22.3 Å². The Bertz CT molecular complexity index is 566. The number of furan rings is 1. The first kappa shape index (κ1) is 13.8. The third kappa shape index (κ3) is 2.55. The average Bonchev–Trinajstić information content (AvgIpc) is 2.87. The normalized spacial score (nSPS) is 10.5. The average molecular weight is 282 g/mol. The first-order valence-corrected chi connectivity index (χ1v) is 6.22. The summed E-state index contributed by atoms with van der Waals surface area (Å²) >= 11 is 6.26. The van der Waals surface area contributed by atoms with Gasteiger partial charge < -0.3 is 19.2 Å². The minimum atomic E-state index is 0.458. The van der Waals surface area contributed by atoms with E-state index in [1.54, 1.807) is 20.5 Å². The number of hydrogen-bond acceptors (Lipinski definition) is 4.